The average molecular weight is 584 g/mol. The van der Waals surface area contributed by atoms with Crippen LogP contribution in [0.4, 0.5) is 0 Å². The van der Waals surface area contributed by atoms with Crippen LogP contribution in [-0.4, -0.2) is 9.97 Å². The summed E-state index contributed by atoms with van der Waals surface area (Å²) in [5, 5.41) is 2.53. The molecular formula is C20H15Br2Cl2FeN3. The van der Waals surface area contributed by atoms with Gasteiger partial charge in [-0.05, 0) is 17.5 Å². The zero-order valence-corrected chi connectivity index (χ0v) is 20.2. The maximum absolute atomic E-state index is 5.93. The van der Waals surface area contributed by atoms with Crippen LogP contribution in [0.25, 0.3) is 21.8 Å². The molecule has 0 amide bonds. The number of hydrogen-bond donors (Lipinski definition) is 1. The Balaban J connectivity index is 0.000000574. The van der Waals surface area contributed by atoms with Crippen LogP contribution in [-0.2, 0) is 17.1 Å². The van der Waals surface area contributed by atoms with E-state index in [9.17, 15) is 0 Å². The predicted molar refractivity (Wildman–Crippen MR) is 123 cm³/mol. The summed E-state index contributed by atoms with van der Waals surface area (Å²) in [5.41, 5.74) is 2.36. The maximum atomic E-state index is 5.93. The summed E-state index contributed by atoms with van der Waals surface area (Å²) < 4.78 is 1.96. The van der Waals surface area contributed by atoms with Gasteiger partial charge in [-0.3, -0.25) is 4.98 Å². The van der Waals surface area contributed by atoms with E-state index in [1.165, 1.54) is 0 Å². The summed E-state index contributed by atoms with van der Waals surface area (Å²) >= 11 is 12.5. The molecule has 2 heterocycles. The quantitative estimate of drug-likeness (QED) is 0.110. The van der Waals surface area contributed by atoms with Gasteiger partial charge in [0, 0.05) is 5.39 Å². The van der Waals surface area contributed by atoms with Crippen molar-refractivity contribution in [3.8, 4) is 0 Å². The molecule has 0 unspecified atom stereocenters. The van der Waals surface area contributed by atoms with Crippen molar-refractivity contribution in [3.05, 3.63) is 93.1 Å². The summed E-state index contributed by atoms with van der Waals surface area (Å²) in [4.78, 5) is 8.80. The van der Waals surface area contributed by atoms with Crippen LogP contribution in [0.5, 0.6) is 0 Å². The minimum Gasteiger partial charge on any atom is -0.344 e. The Labute approximate surface area is 202 Å². The van der Waals surface area contributed by atoms with E-state index >= 15 is 0 Å². The Morgan fingerprint density at radius 3 is 1.86 bits per heavy atom. The molecule has 2 aromatic heterocycles. The number of fused-ring (bicyclic) bond motifs is 3. The van der Waals surface area contributed by atoms with Crippen molar-refractivity contribution in [2.45, 2.75) is 0 Å². The van der Waals surface area contributed by atoms with E-state index in [0.29, 0.717) is 10.8 Å². The van der Waals surface area contributed by atoms with E-state index in [2.05, 4.69) is 60.5 Å². The van der Waals surface area contributed by atoms with Gasteiger partial charge in [-0.15, -0.1) is 24.2 Å². The number of hydrogen-bond acceptors (Lipinski definition) is 3. The molecule has 0 aliphatic rings. The first-order valence-electron chi connectivity index (χ1n) is 7.29. The Kier molecular flexibility index (Phi) is 12.1. The number of nitrogens with zero attached hydrogens (tertiary/aromatic N) is 2. The third kappa shape index (κ3) is 6.82. The zero-order chi connectivity index (χ0) is 17.8. The van der Waals surface area contributed by atoms with Crippen molar-refractivity contribution in [2.75, 3.05) is 0 Å². The molecule has 4 rings (SSSR count). The monoisotopic (exact) mass is 581 g/mol. The van der Waals surface area contributed by atoms with Crippen LogP contribution in [0, 0.1) is 12.1 Å². The fourth-order valence-electron chi connectivity index (χ4n) is 2.26. The van der Waals surface area contributed by atoms with Crippen molar-refractivity contribution in [3.63, 3.8) is 0 Å². The van der Waals surface area contributed by atoms with Crippen LogP contribution in [0.3, 0.4) is 0 Å². The molecule has 0 spiro atoms. The maximum Gasteiger partial charge on any atom is 2.00 e. The Hall–Kier alpha value is -0.981. The standard InChI is InChI=1S/C14H8ClN2.C6H3Br2.ClH.Fe.H3N/c1-2-11-7-5-9-3-4-10-6-8-12(15)17-14(10)13(9)16-11;7-5-2-1-3-6(8)4-5;;;/h3-8H,1H2;1-3H;1H;;1H3/q2*-1;;+2;. The molecule has 146 valence electrons. The van der Waals surface area contributed by atoms with Crippen LogP contribution in [0.2, 0.25) is 5.15 Å². The van der Waals surface area contributed by atoms with Crippen LogP contribution >= 0.6 is 55.9 Å². The van der Waals surface area contributed by atoms with Crippen molar-refractivity contribution in [2.24, 2.45) is 0 Å². The van der Waals surface area contributed by atoms with Crippen molar-refractivity contribution >= 4 is 77.7 Å². The summed E-state index contributed by atoms with van der Waals surface area (Å²) in [6.45, 7) is 3.60. The molecule has 8 heteroatoms. The molecule has 0 saturated carbocycles. The van der Waals surface area contributed by atoms with Gasteiger partial charge in [0.05, 0.1) is 11.0 Å². The minimum atomic E-state index is 0. The van der Waals surface area contributed by atoms with E-state index in [1.54, 1.807) is 6.07 Å². The molecule has 2 aromatic carbocycles. The molecule has 0 bridgehead atoms. The van der Waals surface area contributed by atoms with Crippen LogP contribution < -0.4 is 6.15 Å². The van der Waals surface area contributed by atoms with Gasteiger partial charge < -0.3 is 6.15 Å². The Morgan fingerprint density at radius 1 is 0.857 bits per heavy atom. The van der Waals surface area contributed by atoms with E-state index in [1.807, 2.05) is 48.5 Å². The summed E-state index contributed by atoms with van der Waals surface area (Å²) in [5.74, 6) is 0. The van der Waals surface area contributed by atoms with Crippen molar-refractivity contribution in [1.82, 2.24) is 16.1 Å². The molecule has 0 aliphatic heterocycles. The third-order valence-electron chi connectivity index (χ3n) is 3.39. The first-order chi connectivity index (χ1) is 12.1. The van der Waals surface area contributed by atoms with Gasteiger partial charge in [-0.1, -0.05) is 64.5 Å². The second-order valence-electron chi connectivity index (χ2n) is 5.06. The molecule has 0 radical (unpaired) electrons. The fraction of sp³-hybridized carbons (Fsp3) is 0. The number of aromatic nitrogens is 2. The number of pyridine rings is 2. The van der Waals surface area contributed by atoms with E-state index in [-0.39, 0.29) is 35.6 Å². The first kappa shape index (κ1) is 27.0. The summed E-state index contributed by atoms with van der Waals surface area (Å²) in [6.07, 6.45) is 2.78. The van der Waals surface area contributed by atoms with Crippen LogP contribution in [0.15, 0.2) is 70.1 Å². The molecule has 3 nitrogen and oxygen atoms in total. The summed E-state index contributed by atoms with van der Waals surface area (Å²) in [7, 11) is 0. The van der Waals surface area contributed by atoms with Gasteiger partial charge in [0.1, 0.15) is 5.15 Å². The zero-order valence-electron chi connectivity index (χ0n) is 14.4. The number of halogens is 4. The van der Waals surface area contributed by atoms with Gasteiger partial charge in [-0.2, -0.15) is 36.9 Å². The van der Waals surface area contributed by atoms with E-state index in [4.69, 9.17) is 11.6 Å². The topological polar surface area (TPSA) is 60.8 Å². The van der Waals surface area contributed by atoms with Crippen LogP contribution in [0.1, 0.15) is 5.69 Å². The number of rotatable bonds is 1. The Morgan fingerprint density at radius 2 is 1.36 bits per heavy atom. The average Bonchev–Trinajstić information content (AvgIpc) is 2.61. The Bertz CT molecular complexity index is 1060. The molecule has 0 atom stereocenters. The third-order valence-corrected chi connectivity index (χ3v) is 4.53. The van der Waals surface area contributed by atoms with Gasteiger partial charge in [0.25, 0.3) is 0 Å². The van der Waals surface area contributed by atoms with Crippen molar-refractivity contribution in [1.29, 1.82) is 0 Å². The first-order valence-corrected chi connectivity index (χ1v) is 9.25. The molecule has 3 N–H and O–H groups in total. The van der Waals surface area contributed by atoms with E-state index < -0.39 is 0 Å². The molecular weight excluding hydrogens is 569 g/mol. The van der Waals surface area contributed by atoms with Gasteiger partial charge in [0.2, 0.25) is 0 Å². The van der Waals surface area contributed by atoms with Gasteiger partial charge >= 0.3 is 17.1 Å². The fourth-order valence-corrected chi connectivity index (χ4v) is 3.40. The number of benzene rings is 2. The molecule has 0 aliphatic carbocycles. The molecule has 0 saturated heterocycles. The second-order valence-corrected chi connectivity index (χ2v) is 7.16. The van der Waals surface area contributed by atoms with Gasteiger partial charge in [-0.25, -0.2) is 11.1 Å². The predicted octanol–water partition coefficient (Wildman–Crippen LogP) is 7.37. The summed E-state index contributed by atoms with van der Waals surface area (Å²) in [6, 6.07) is 20.4. The normalized spacial score (nSPS) is 9.25. The second kappa shape index (κ2) is 12.6. The van der Waals surface area contributed by atoms with Crippen molar-refractivity contribution < 1.29 is 17.1 Å². The molecule has 0 fully saturated rings. The minimum absolute atomic E-state index is 0. The SMILES string of the molecule is Brc1[c-]c(Br)ccc1.C=[C-]c1ccc2ccc3ccc(Cl)nc3c2n1.Cl.N.[Fe+2]. The largest absolute Gasteiger partial charge is 2.00 e. The van der Waals surface area contributed by atoms with E-state index in [0.717, 1.165) is 30.8 Å². The molecule has 28 heavy (non-hydrogen) atoms. The molecule has 4 aromatic rings. The smallest absolute Gasteiger partial charge is 0.344 e. The van der Waals surface area contributed by atoms with Gasteiger partial charge in [0.15, 0.2) is 0 Å².